The minimum atomic E-state index is -0.654. The van der Waals surface area contributed by atoms with Crippen LogP contribution in [0.3, 0.4) is 0 Å². The molecule has 88 valence electrons. The van der Waals surface area contributed by atoms with Crippen LogP contribution in [0.25, 0.3) is 0 Å². The fourth-order valence-electron chi connectivity index (χ4n) is 2.11. The van der Waals surface area contributed by atoms with Crippen LogP contribution >= 0.6 is 0 Å². The molecule has 0 radical (unpaired) electrons. The molecule has 1 aromatic carbocycles. The number of benzene rings is 1. The molecule has 1 fully saturated rings. The Labute approximate surface area is 93.3 Å². The molecule has 0 aromatic heterocycles. The first-order chi connectivity index (χ1) is 7.66. The van der Waals surface area contributed by atoms with Crippen molar-refractivity contribution in [1.29, 1.82) is 0 Å². The Morgan fingerprint density at radius 1 is 1.44 bits per heavy atom. The van der Waals surface area contributed by atoms with Crippen LogP contribution in [0, 0.1) is 11.6 Å². The normalized spacial score (nSPS) is 22.3. The zero-order valence-corrected chi connectivity index (χ0v) is 8.92. The van der Waals surface area contributed by atoms with Gasteiger partial charge in [0.15, 0.2) is 0 Å². The highest BCUT2D eigenvalue weighted by molar-refractivity contribution is 5.19. The first kappa shape index (κ1) is 11.5. The summed E-state index contributed by atoms with van der Waals surface area (Å²) in [5.74, 6) is -0.929. The molecule has 4 heteroatoms. The van der Waals surface area contributed by atoms with Crippen molar-refractivity contribution in [3.05, 3.63) is 35.4 Å². The molecule has 0 amide bonds. The number of nitrogens with one attached hydrogen (secondary N) is 1. The van der Waals surface area contributed by atoms with Gasteiger partial charge in [-0.05, 0) is 43.1 Å². The molecule has 1 saturated heterocycles. The van der Waals surface area contributed by atoms with E-state index >= 15 is 0 Å². The van der Waals surface area contributed by atoms with E-state index in [-0.39, 0.29) is 18.0 Å². The second kappa shape index (κ2) is 4.89. The van der Waals surface area contributed by atoms with E-state index in [2.05, 4.69) is 5.32 Å². The van der Waals surface area contributed by atoms with Gasteiger partial charge in [-0.3, -0.25) is 0 Å². The third-order valence-corrected chi connectivity index (χ3v) is 3.00. The largest absolute Gasteiger partial charge is 0.391 e. The maximum absolute atomic E-state index is 13.3. The summed E-state index contributed by atoms with van der Waals surface area (Å²) in [6, 6.07) is 3.33. The predicted molar refractivity (Wildman–Crippen MR) is 57.1 cm³/mol. The maximum atomic E-state index is 13.3. The molecule has 2 unspecified atom stereocenters. The maximum Gasteiger partial charge on any atom is 0.126 e. The van der Waals surface area contributed by atoms with Crippen LogP contribution in [0.5, 0.6) is 0 Å². The first-order valence-corrected chi connectivity index (χ1v) is 5.52. The van der Waals surface area contributed by atoms with Crippen LogP contribution in [0.2, 0.25) is 0 Å². The Morgan fingerprint density at radius 2 is 2.25 bits per heavy atom. The van der Waals surface area contributed by atoms with E-state index in [4.69, 9.17) is 0 Å². The Hall–Kier alpha value is -1.00. The number of halogens is 2. The highest BCUT2D eigenvalue weighted by Gasteiger charge is 2.23. The van der Waals surface area contributed by atoms with Gasteiger partial charge in [0.2, 0.25) is 0 Å². The molecule has 1 aliphatic rings. The van der Waals surface area contributed by atoms with Gasteiger partial charge >= 0.3 is 0 Å². The van der Waals surface area contributed by atoms with Gasteiger partial charge in [-0.25, -0.2) is 8.78 Å². The molecule has 1 aromatic rings. The van der Waals surface area contributed by atoms with E-state index in [1.165, 1.54) is 0 Å². The summed E-state index contributed by atoms with van der Waals surface area (Å²) < 4.78 is 26.2. The Morgan fingerprint density at radius 3 is 2.94 bits per heavy atom. The second-order valence-electron chi connectivity index (χ2n) is 4.21. The molecule has 0 saturated carbocycles. The first-order valence-electron chi connectivity index (χ1n) is 5.52. The summed E-state index contributed by atoms with van der Waals surface area (Å²) >= 11 is 0. The average molecular weight is 227 g/mol. The van der Waals surface area contributed by atoms with E-state index in [1.807, 2.05) is 0 Å². The SMILES string of the molecule is OC(Cc1cc(F)ccc1F)C1CCCN1. The number of rotatable bonds is 3. The van der Waals surface area contributed by atoms with Crippen molar-refractivity contribution in [2.75, 3.05) is 6.54 Å². The van der Waals surface area contributed by atoms with Crippen molar-refractivity contribution in [3.63, 3.8) is 0 Å². The predicted octanol–water partition coefficient (Wildman–Crippen LogP) is 1.62. The average Bonchev–Trinajstić information content (AvgIpc) is 2.76. The molecule has 2 N–H and O–H groups in total. The molecule has 0 aliphatic carbocycles. The third-order valence-electron chi connectivity index (χ3n) is 3.00. The van der Waals surface area contributed by atoms with Crippen molar-refractivity contribution in [2.24, 2.45) is 0 Å². The lowest BCUT2D eigenvalue weighted by atomic mass is 10.0. The molecule has 2 rings (SSSR count). The summed E-state index contributed by atoms with van der Waals surface area (Å²) in [5, 5.41) is 13.0. The van der Waals surface area contributed by atoms with E-state index in [0.29, 0.717) is 0 Å². The van der Waals surface area contributed by atoms with E-state index in [1.54, 1.807) is 0 Å². The third kappa shape index (κ3) is 2.57. The number of aliphatic hydroxyl groups is 1. The minimum absolute atomic E-state index is 0.00247. The van der Waals surface area contributed by atoms with Crippen molar-refractivity contribution in [3.8, 4) is 0 Å². The Kier molecular flexibility index (Phi) is 3.51. The standard InChI is InChI=1S/C12H15F2NO/c13-9-3-4-10(14)8(6-9)7-12(16)11-2-1-5-15-11/h3-4,6,11-12,15-16H,1-2,5,7H2. The number of hydrogen-bond donors (Lipinski definition) is 2. The minimum Gasteiger partial charge on any atom is -0.391 e. The van der Waals surface area contributed by atoms with Crippen molar-refractivity contribution in [1.82, 2.24) is 5.32 Å². The van der Waals surface area contributed by atoms with E-state index in [0.717, 1.165) is 37.6 Å². The monoisotopic (exact) mass is 227 g/mol. The summed E-state index contributed by atoms with van der Waals surface area (Å²) in [7, 11) is 0. The van der Waals surface area contributed by atoms with Crippen molar-refractivity contribution in [2.45, 2.75) is 31.4 Å². The van der Waals surface area contributed by atoms with Crippen molar-refractivity contribution < 1.29 is 13.9 Å². The molecule has 2 atom stereocenters. The Balaban J connectivity index is 2.04. The van der Waals surface area contributed by atoms with Gasteiger partial charge in [0, 0.05) is 12.5 Å². The molecule has 1 heterocycles. The fraction of sp³-hybridized carbons (Fsp3) is 0.500. The van der Waals surface area contributed by atoms with Gasteiger partial charge in [0.05, 0.1) is 6.10 Å². The quantitative estimate of drug-likeness (QED) is 0.822. The summed E-state index contributed by atoms with van der Waals surface area (Å²) in [6.45, 7) is 0.882. The van der Waals surface area contributed by atoms with Gasteiger partial charge in [-0.2, -0.15) is 0 Å². The molecule has 0 bridgehead atoms. The van der Waals surface area contributed by atoms with Gasteiger partial charge in [-0.1, -0.05) is 0 Å². The summed E-state index contributed by atoms with van der Waals surface area (Å²) in [6.07, 6.45) is 1.41. The lowest BCUT2D eigenvalue weighted by molar-refractivity contribution is 0.135. The van der Waals surface area contributed by atoms with Gasteiger partial charge in [0.1, 0.15) is 11.6 Å². The van der Waals surface area contributed by atoms with Crippen LogP contribution in [0.1, 0.15) is 18.4 Å². The lowest BCUT2D eigenvalue weighted by Crippen LogP contribution is -2.36. The highest BCUT2D eigenvalue weighted by Crippen LogP contribution is 2.16. The zero-order chi connectivity index (χ0) is 11.5. The second-order valence-corrected chi connectivity index (χ2v) is 4.21. The van der Waals surface area contributed by atoms with Crippen molar-refractivity contribution >= 4 is 0 Å². The Bertz CT molecular complexity index is 364. The number of hydrogen-bond acceptors (Lipinski definition) is 2. The molecule has 1 aliphatic heterocycles. The molecule has 0 spiro atoms. The summed E-state index contributed by atoms with van der Waals surface area (Å²) in [4.78, 5) is 0. The molecule has 16 heavy (non-hydrogen) atoms. The van der Waals surface area contributed by atoms with E-state index < -0.39 is 17.7 Å². The van der Waals surface area contributed by atoms with Gasteiger partial charge in [0.25, 0.3) is 0 Å². The van der Waals surface area contributed by atoms with Crippen LogP contribution < -0.4 is 5.32 Å². The van der Waals surface area contributed by atoms with Gasteiger partial charge in [-0.15, -0.1) is 0 Å². The van der Waals surface area contributed by atoms with Gasteiger partial charge < -0.3 is 10.4 Å². The number of aliphatic hydroxyl groups excluding tert-OH is 1. The lowest BCUT2D eigenvalue weighted by Gasteiger charge is -2.18. The molecule has 2 nitrogen and oxygen atoms in total. The van der Waals surface area contributed by atoms with Crippen LogP contribution in [0.4, 0.5) is 8.78 Å². The van der Waals surface area contributed by atoms with Crippen LogP contribution in [0.15, 0.2) is 18.2 Å². The molecular formula is C12H15F2NO. The molecular weight excluding hydrogens is 212 g/mol. The topological polar surface area (TPSA) is 32.3 Å². The van der Waals surface area contributed by atoms with E-state index in [9.17, 15) is 13.9 Å². The highest BCUT2D eigenvalue weighted by atomic mass is 19.1. The fourth-order valence-corrected chi connectivity index (χ4v) is 2.11. The van der Waals surface area contributed by atoms with Crippen LogP contribution in [-0.2, 0) is 6.42 Å². The zero-order valence-electron chi connectivity index (χ0n) is 8.92. The summed E-state index contributed by atoms with van der Waals surface area (Å²) in [5.41, 5.74) is 0.237. The van der Waals surface area contributed by atoms with Crippen LogP contribution in [-0.4, -0.2) is 23.8 Å². The smallest absolute Gasteiger partial charge is 0.126 e.